The van der Waals surface area contributed by atoms with Crippen molar-refractivity contribution in [2.45, 2.75) is 32.6 Å². The largest absolute Gasteiger partial charge is 0.360 e. The molecule has 0 atom stereocenters. The van der Waals surface area contributed by atoms with Gasteiger partial charge in [0.1, 0.15) is 11.5 Å². The number of unbranched alkanes of at least 4 members (excludes halogenated alkanes) is 2. The van der Waals surface area contributed by atoms with Crippen molar-refractivity contribution in [1.82, 2.24) is 14.9 Å². The average molecular weight is 355 g/mol. The normalized spacial score (nSPS) is 10.8. The van der Waals surface area contributed by atoms with Crippen LogP contribution < -0.4 is 10.8 Å². The van der Waals surface area contributed by atoms with Crippen LogP contribution in [0, 0.1) is 0 Å². The number of hydroxylamine groups is 1. The van der Waals surface area contributed by atoms with E-state index in [1.807, 2.05) is 22.7 Å². The van der Waals surface area contributed by atoms with Gasteiger partial charge in [-0.1, -0.05) is 19.8 Å². The second kappa shape index (κ2) is 7.42. The number of pyridine rings is 1. The summed E-state index contributed by atoms with van der Waals surface area (Å²) in [5.74, 6) is 0.311. The molecule has 3 N–H and O–H groups in total. The summed E-state index contributed by atoms with van der Waals surface area (Å²) in [5, 5.41) is 11.6. The lowest BCUT2D eigenvalue weighted by atomic mass is 10.1. The van der Waals surface area contributed by atoms with Crippen molar-refractivity contribution in [3.8, 4) is 0 Å². The van der Waals surface area contributed by atoms with Crippen LogP contribution in [-0.4, -0.2) is 27.0 Å². The van der Waals surface area contributed by atoms with Crippen molar-refractivity contribution in [2.24, 2.45) is 0 Å². The minimum Gasteiger partial charge on any atom is -0.360 e. The molecule has 1 amide bonds. The number of anilines is 1. The molecule has 6 nitrogen and oxygen atoms in total. The molecule has 0 fully saturated rings. The first-order valence-electron chi connectivity index (χ1n) is 6.99. The lowest BCUT2D eigenvalue weighted by Crippen LogP contribution is -2.27. The number of fused-ring (bicyclic) bond motifs is 1. The van der Waals surface area contributed by atoms with E-state index in [4.69, 9.17) is 5.21 Å². The van der Waals surface area contributed by atoms with Gasteiger partial charge in [-0.25, -0.2) is 10.5 Å². The molecule has 21 heavy (non-hydrogen) atoms. The van der Waals surface area contributed by atoms with Crippen molar-refractivity contribution in [2.75, 3.05) is 11.9 Å². The van der Waals surface area contributed by atoms with Crippen LogP contribution >= 0.6 is 15.9 Å². The fourth-order valence-corrected chi connectivity index (χ4v) is 2.51. The van der Waals surface area contributed by atoms with Gasteiger partial charge in [-0.3, -0.25) is 14.4 Å². The van der Waals surface area contributed by atoms with Gasteiger partial charge in [0, 0.05) is 10.7 Å². The fourth-order valence-electron chi connectivity index (χ4n) is 2.17. The summed E-state index contributed by atoms with van der Waals surface area (Å²) in [6, 6.07) is 3.85. The maximum atomic E-state index is 11.2. The van der Waals surface area contributed by atoms with Crippen LogP contribution in [0.3, 0.4) is 0 Å². The van der Waals surface area contributed by atoms with E-state index in [1.54, 1.807) is 5.48 Å². The third-order valence-electron chi connectivity index (χ3n) is 3.21. The van der Waals surface area contributed by atoms with E-state index >= 15 is 0 Å². The molecule has 0 aliphatic heterocycles. The predicted molar refractivity (Wildman–Crippen MR) is 84.5 cm³/mol. The van der Waals surface area contributed by atoms with Crippen LogP contribution in [0.5, 0.6) is 0 Å². The van der Waals surface area contributed by atoms with Gasteiger partial charge in [0.15, 0.2) is 0 Å². The van der Waals surface area contributed by atoms with Gasteiger partial charge in [0.05, 0.1) is 12.2 Å². The Morgan fingerprint density at radius 1 is 1.43 bits per heavy atom. The highest BCUT2D eigenvalue weighted by Gasteiger charge is 2.13. The summed E-state index contributed by atoms with van der Waals surface area (Å²) in [7, 11) is 0. The van der Waals surface area contributed by atoms with Crippen molar-refractivity contribution in [3.63, 3.8) is 0 Å². The molecule has 2 heterocycles. The summed E-state index contributed by atoms with van der Waals surface area (Å²) in [6.07, 6.45) is 6.12. The number of aromatic nitrogens is 2. The molecule has 0 aromatic carbocycles. The van der Waals surface area contributed by atoms with E-state index in [1.165, 1.54) is 0 Å². The molecule has 2 aromatic heterocycles. The number of aryl methyl sites for hydroxylation is 1. The highest BCUT2D eigenvalue weighted by Crippen LogP contribution is 2.22. The van der Waals surface area contributed by atoms with Gasteiger partial charge in [-0.15, -0.1) is 0 Å². The van der Waals surface area contributed by atoms with Gasteiger partial charge in [-0.05, 0) is 40.9 Å². The topological polar surface area (TPSA) is 78.7 Å². The first-order chi connectivity index (χ1) is 10.2. The Bertz CT molecular complexity index is 627. The Balaban J connectivity index is 2.28. The fraction of sp³-hybridized carbons (Fsp3) is 0.429. The Hall–Kier alpha value is -1.60. The second-order valence-electron chi connectivity index (χ2n) is 4.83. The first-order valence-corrected chi connectivity index (χ1v) is 7.78. The van der Waals surface area contributed by atoms with E-state index < -0.39 is 5.91 Å². The smallest absolute Gasteiger partial charge is 0.262 e. The second-order valence-corrected chi connectivity index (χ2v) is 5.74. The molecule has 0 aliphatic carbocycles. The number of hydrogen-bond acceptors (Lipinski definition) is 4. The van der Waals surface area contributed by atoms with Crippen LogP contribution in [0.25, 0.3) is 5.65 Å². The maximum Gasteiger partial charge on any atom is 0.262 e. The highest BCUT2D eigenvalue weighted by atomic mass is 79.9. The molecule has 0 bridgehead atoms. The third kappa shape index (κ3) is 3.95. The van der Waals surface area contributed by atoms with Crippen molar-refractivity contribution >= 4 is 33.3 Å². The molecule has 0 radical (unpaired) electrons. The van der Waals surface area contributed by atoms with Gasteiger partial charge in [-0.2, -0.15) is 0 Å². The highest BCUT2D eigenvalue weighted by molar-refractivity contribution is 9.10. The summed E-state index contributed by atoms with van der Waals surface area (Å²) in [6.45, 7) is 2.16. The zero-order valence-electron chi connectivity index (χ0n) is 11.9. The van der Waals surface area contributed by atoms with Crippen LogP contribution in [0.2, 0.25) is 0 Å². The van der Waals surface area contributed by atoms with Gasteiger partial charge >= 0.3 is 0 Å². The van der Waals surface area contributed by atoms with Crippen molar-refractivity contribution < 1.29 is 10.0 Å². The molecule has 0 unspecified atom stereocenters. The molecule has 2 rings (SSSR count). The molecular weight excluding hydrogens is 336 g/mol. The molecule has 114 valence electrons. The molecule has 2 aromatic rings. The summed E-state index contributed by atoms with van der Waals surface area (Å²) >= 11 is 3.44. The number of rotatable bonds is 7. The Labute approximate surface area is 131 Å². The number of halogens is 1. The standard InChI is InChI=1S/C14H19BrN4O2/c1-2-3-4-5-11-14(16-8-13(20)18-21)19-9-10(15)6-7-12(19)17-11/h6-7,9,16,21H,2-5,8H2,1H3,(H,18,20). The SMILES string of the molecule is CCCCCc1nc2ccc(Br)cn2c1NCC(=O)NO. The molecule has 7 heteroatoms. The van der Waals surface area contributed by atoms with E-state index in [-0.39, 0.29) is 6.54 Å². The molecule has 0 saturated carbocycles. The van der Waals surface area contributed by atoms with Crippen molar-refractivity contribution in [1.29, 1.82) is 0 Å². The number of hydrogen-bond donors (Lipinski definition) is 3. The number of imidazole rings is 1. The van der Waals surface area contributed by atoms with E-state index in [2.05, 4.69) is 33.2 Å². The lowest BCUT2D eigenvalue weighted by Gasteiger charge is -2.08. The predicted octanol–water partition coefficient (Wildman–Crippen LogP) is 2.75. The summed E-state index contributed by atoms with van der Waals surface area (Å²) in [4.78, 5) is 15.8. The Morgan fingerprint density at radius 2 is 2.24 bits per heavy atom. The number of carbonyl (C=O) groups is 1. The van der Waals surface area contributed by atoms with Crippen molar-refractivity contribution in [3.05, 3.63) is 28.5 Å². The molecule has 0 spiro atoms. The number of carbonyl (C=O) groups excluding carboxylic acids is 1. The van der Waals surface area contributed by atoms with Crippen LogP contribution in [0.4, 0.5) is 5.82 Å². The number of amides is 1. The minimum atomic E-state index is -0.487. The molecular formula is C14H19BrN4O2. The maximum absolute atomic E-state index is 11.2. The zero-order chi connectivity index (χ0) is 15.2. The lowest BCUT2D eigenvalue weighted by molar-refractivity contribution is -0.127. The van der Waals surface area contributed by atoms with E-state index in [0.29, 0.717) is 0 Å². The minimum absolute atomic E-state index is 0.00240. The number of nitrogens with zero attached hydrogens (tertiary/aromatic N) is 2. The van der Waals surface area contributed by atoms with E-state index in [9.17, 15) is 4.79 Å². The van der Waals surface area contributed by atoms with Crippen LogP contribution in [0.1, 0.15) is 31.9 Å². The summed E-state index contributed by atoms with van der Waals surface area (Å²) in [5.41, 5.74) is 3.39. The molecule has 0 aliphatic rings. The van der Waals surface area contributed by atoms with Gasteiger partial charge in [0.25, 0.3) is 5.91 Å². The zero-order valence-corrected chi connectivity index (χ0v) is 13.5. The Morgan fingerprint density at radius 3 is 2.95 bits per heavy atom. The number of nitrogens with one attached hydrogen (secondary N) is 2. The monoisotopic (exact) mass is 354 g/mol. The summed E-state index contributed by atoms with van der Waals surface area (Å²) < 4.78 is 2.85. The van der Waals surface area contributed by atoms with Crippen LogP contribution in [-0.2, 0) is 11.2 Å². The Kier molecular flexibility index (Phi) is 5.58. The average Bonchev–Trinajstić information content (AvgIpc) is 2.82. The van der Waals surface area contributed by atoms with E-state index in [0.717, 1.165) is 47.3 Å². The quantitative estimate of drug-likeness (QED) is 0.405. The first kappa shape index (κ1) is 15.8. The third-order valence-corrected chi connectivity index (χ3v) is 3.68. The molecule has 0 saturated heterocycles. The van der Waals surface area contributed by atoms with Gasteiger partial charge < -0.3 is 5.32 Å². The van der Waals surface area contributed by atoms with Gasteiger partial charge in [0.2, 0.25) is 0 Å². The van der Waals surface area contributed by atoms with Crippen LogP contribution in [0.15, 0.2) is 22.8 Å².